The van der Waals surface area contributed by atoms with Crippen molar-refractivity contribution in [3.63, 3.8) is 0 Å². The number of carbonyl (C=O) groups is 1. The Morgan fingerprint density at radius 3 is 2.73 bits per heavy atom. The average Bonchev–Trinajstić information content (AvgIpc) is 2.19. The molecule has 0 N–H and O–H groups in total. The van der Waals surface area contributed by atoms with E-state index in [1.54, 1.807) is 0 Å². The summed E-state index contributed by atoms with van der Waals surface area (Å²) in [6, 6.07) is 6.18. The summed E-state index contributed by atoms with van der Waals surface area (Å²) in [5, 5.41) is 0. The minimum Gasteiger partial charge on any atom is -0.486 e. The third kappa shape index (κ3) is 3.74. The monoisotopic (exact) mass is 206 g/mol. The van der Waals surface area contributed by atoms with Gasteiger partial charge in [0.25, 0.3) is 0 Å². The summed E-state index contributed by atoms with van der Waals surface area (Å²) in [5.74, 6) is 0.881. The van der Waals surface area contributed by atoms with E-state index in [0.717, 1.165) is 24.2 Å². The fourth-order valence-electron chi connectivity index (χ4n) is 1.42. The molecule has 0 amide bonds. The van der Waals surface area contributed by atoms with Gasteiger partial charge in [-0.2, -0.15) is 0 Å². The zero-order valence-electron chi connectivity index (χ0n) is 9.67. The first-order chi connectivity index (χ1) is 7.13. The van der Waals surface area contributed by atoms with Crippen molar-refractivity contribution in [1.82, 2.24) is 0 Å². The van der Waals surface area contributed by atoms with Gasteiger partial charge in [0.05, 0.1) is 0 Å². The van der Waals surface area contributed by atoms with E-state index in [2.05, 4.69) is 13.0 Å². The Kier molecular flexibility index (Phi) is 4.35. The Morgan fingerprint density at radius 2 is 2.13 bits per heavy atom. The van der Waals surface area contributed by atoms with Crippen LogP contribution in [0.5, 0.6) is 5.75 Å². The maximum absolute atomic E-state index is 10.8. The molecule has 0 unspecified atom stereocenters. The minimum atomic E-state index is 0.0512. The smallest absolute Gasteiger partial charge is 0.167 e. The van der Waals surface area contributed by atoms with Gasteiger partial charge < -0.3 is 4.74 Å². The number of ether oxygens (including phenoxy) is 1. The van der Waals surface area contributed by atoms with Crippen LogP contribution in [0.4, 0.5) is 0 Å². The highest BCUT2D eigenvalue weighted by molar-refractivity contribution is 5.77. The van der Waals surface area contributed by atoms with Gasteiger partial charge in [0.1, 0.15) is 12.4 Å². The van der Waals surface area contributed by atoms with Crippen LogP contribution in [-0.4, -0.2) is 12.4 Å². The number of rotatable bonds is 5. The summed E-state index contributed by atoms with van der Waals surface area (Å²) in [5.41, 5.74) is 2.35. The van der Waals surface area contributed by atoms with Gasteiger partial charge in [-0.1, -0.05) is 25.5 Å². The van der Waals surface area contributed by atoms with Crippen LogP contribution in [-0.2, 0) is 11.2 Å². The molecule has 1 aromatic rings. The van der Waals surface area contributed by atoms with Crippen molar-refractivity contribution >= 4 is 5.78 Å². The lowest BCUT2D eigenvalue weighted by Gasteiger charge is -2.09. The van der Waals surface area contributed by atoms with Gasteiger partial charge in [-0.3, -0.25) is 4.79 Å². The first-order valence-electron chi connectivity index (χ1n) is 5.35. The third-order valence-corrected chi connectivity index (χ3v) is 2.22. The number of Topliss-reactive ketones (excluding diaryl/α,β-unsaturated/α-hetero) is 1. The second-order valence-corrected chi connectivity index (χ2v) is 3.84. The maximum atomic E-state index is 10.8. The molecular weight excluding hydrogens is 188 g/mol. The number of hydrogen-bond donors (Lipinski definition) is 0. The number of benzene rings is 1. The first kappa shape index (κ1) is 11.8. The first-order valence-corrected chi connectivity index (χ1v) is 5.35. The van der Waals surface area contributed by atoms with E-state index in [4.69, 9.17) is 4.74 Å². The largest absolute Gasteiger partial charge is 0.486 e. The Morgan fingerprint density at radius 1 is 1.40 bits per heavy atom. The second kappa shape index (κ2) is 5.54. The minimum absolute atomic E-state index is 0.0512. The fourth-order valence-corrected chi connectivity index (χ4v) is 1.42. The molecule has 0 aliphatic heterocycles. The van der Waals surface area contributed by atoms with Gasteiger partial charge in [-0.25, -0.2) is 0 Å². The molecule has 0 saturated carbocycles. The predicted octanol–water partition coefficient (Wildman–Crippen LogP) is 2.92. The van der Waals surface area contributed by atoms with E-state index < -0.39 is 0 Å². The number of ketones is 1. The van der Waals surface area contributed by atoms with Crippen LogP contribution in [0.15, 0.2) is 18.2 Å². The van der Waals surface area contributed by atoms with E-state index in [9.17, 15) is 4.79 Å². The molecule has 0 aromatic heterocycles. The molecule has 0 aliphatic rings. The highest BCUT2D eigenvalue weighted by Gasteiger charge is 2.02. The van der Waals surface area contributed by atoms with E-state index in [0.29, 0.717) is 0 Å². The van der Waals surface area contributed by atoms with Crippen molar-refractivity contribution in [1.29, 1.82) is 0 Å². The van der Waals surface area contributed by atoms with Crippen LogP contribution in [0.3, 0.4) is 0 Å². The van der Waals surface area contributed by atoms with Crippen molar-refractivity contribution in [2.45, 2.75) is 33.6 Å². The SMILES string of the molecule is CCCc1ccc(C)c(OCC(C)=O)c1. The molecule has 1 aromatic carbocycles. The molecule has 0 bridgehead atoms. The lowest BCUT2D eigenvalue weighted by molar-refractivity contribution is -0.118. The Balaban J connectivity index is 2.75. The van der Waals surface area contributed by atoms with Crippen LogP contribution >= 0.6 is 0 Å². The van der Waals surface area contributed by atoms with Gasteiger partial charge in [-0.15, -0.1) is 0 Å². The lowest BCUT2D eigenvalue weighted by Crippen LogP contribution is -2.07. The Labute approximate surface area is 91.3 Å². The van der Waals surface area contributed by atoms with Gasteiger partial charge in [0.2, 0.25) is 0 Å². The molecule has 0 atom stereocenters. The molecular formula is C13H18O2. The zero-order valence-corrected chi connectivity index (χ0v) is 9.67. The molecule has 82 valence electrons. The number of aryl methyl sites for hydroxylation is 2. The van der Waals surface area contributed by atoms with Gasteiger partial charge in [0, 0.05) is 0 Å². The highest BCUT2D eigenvalue weighted by Crippen LogP contribution is 2.20. The van der Waals surface area contributed by atoms with Crippen LogP contribution in [0.1, 0.15) is 31.4 Å². The van der Waals surface area contributed by atoms with Crippen molar-refractivity contribution in [2.24, 2.45) is 0 Å². The highest BCUT2D eigenvalue weighted by atomic mass is 16.5. The number of carbonyl (C=O) groups excluding carboxylic acids is 1. The molecule has 1 rings (SSSR count). The summed E-state index contributed by atoms with van der Waals surface area (Å²) < 4.78 is 5.44. The van der Waals surface area contributed by atoms with E-state index in [1.165, 1.54) is 12.5 Å². The molecule has 15 heavy (non-hydrogen) atoms. The summed E-state index contributed by atoms with van der Waals surface area (Å²) >= 11 is 0. The normalized spacial score (nSPS) is 10.1. The molecule has 2 heteroatoms. The molecule has 0 radical (unpaired) electrons. The Hall–Kier alpha value is -1.31. The summed E-state index contributed by atoms with van der Waals surface area (Å²) in [6.45, 7) is 5.84. The van der Waals surface area contributed by atoms with Crippen LogP contribution < -0.4 is 4.74 Å². The summed E-state index contributed by atoms with van der Waals surface area (Å²) in [6.07, 6.45) is 2.17. The van der Waals surface area contributed by atoms with Crippen molar-refractivity contribution in [2.75, 3.05) is 6.61 Å². The second-order valence-electron chi connectivity index (χ2n) is 3.84. The topological polar surface area (TPSA) is 26.3 Å². The van der Waals surface area contributed by atoms with Crippen LogP contribution in [0.2, 0.25) is 0 Å². The molecule has 0 aliphatic carbocycles. The van der Waals surface area contributed by atoms with Crippen LogP contribution in [0.25, 0.3) is 0 Å². The standard InChI is InChI=1S/C13H18O2/c1-4-5-12-7-6-10(2)13(8-12)15-9-11(3)14/h6-8H,4-5,9H2,1-3H3. The van der Waals surface area contributed by atoms with E-state index >= 15 is 0 Å². The molecule has 0 heterocycles. The zero-order chi connectivity index (χ0) is 11.3. The van der Waals surface area contributed by atoms with E-state index in [-0.39, 0.29) is 12.4 Å². The molecule has 0 fully saturated rings. The summed E-state index contributed by atoms with van der Waals surface area (Å²) in [4.78, 5) is 10.8. The third-order valence-electron chi connectivity index (χ3n) is 2.22. The molecule has 0 spiro atoms. The molecule has 0 saturated heterocycles. The molecule has 2 nitrogen and oxygen atoms in total. The maximum Gasteiger partial charge on any atom is 0.167 e. The van der Waals surface area contributed by atoms with Gasteiger partial charge in [-0.05, 0) is 37.5 Å². The van der Waals surface area contributed by atoms with Crippen molar-refractivity contribution in [3.05, 3.63) is 29.3 Å². The van der Waals surface area contributed by atoms with Crippen molar-refractivity contribution in [3.8, 4) is 5.75 Å². The fraction of sp³-hybridized carbons (Fsp3) is 0.462. The Bertz CT molecular complexity index is 342. The van der Waals surface area contributed by atoms with Crippen molar-refractivity contribution < 1.29 is 9.53 Å². The van der Waals surface area contributed by atoms with Crippen LogP contribution in [0, 0.1) is 6.92 Å². The summed E-state index contributed by atoms with van der Waals surface area (Å²) in [7, 11) is 0. The average molecular weight is 206 g/mol. The lowest BCUT2D eigenvalue weighted by atomic mass is 10.1. The number of hydrogen-bond acceptors (Lipinski definition) is 2. The quantitative estimate of drug-likeness (QED) is 0.740. The van der Waals surface area contributed by atoms with Gasteiger partial charge in [0.15, 0.2) is 5.78 Å². The van der Waals surface area contributed by atoms with E-state index in [1.807, 2.05) is 19.1 Å². The van der Waals surface area contributed by atoms with Gasteiger partial charge >= 0.3 is 0 Å². The predicted molar refractivity (Wildman–Crippen MR) is 61.4 cm³/mol.